The van der Waals surface area contributed by atoms with Crippen LogP contribution >= 0.6 is 0 Å². The predicted octanol–water partition coefficient (Wildman–Crippen LogP) is 3.44. The van der Waals surface area contributed by atoms with Gasteiger partial charge in [0.25, 0.3) is 0 Å². The Bertz CT molecular complexity index is 1350. The first-order valence-electron chi connectivity index (χ1n) is 9.48. The van der Waals surface area contributed by atoms with Gasteiger partial charge in [-0.3, -0.25) is 5.10 Å². The average Bonchev–Trinajstić information content (AvgIpc) is 3.46. The minimum Gasteiger partial charge on any atom is -0.459 e. The van der Waals surface area contributed by atoms with E-state index in [2.05, 4.69) is 35.4 Å². The topological polar surface area (TPSA) is 112 Å². The maximum atomic E-state index is 5.70. The number of aryl methyl sites for hydroxylation is 1. The summed E-state index contributed by atoms with van der Waals surface area (Å²) in [5.74, 6) is 1.30. The van der Waals surface area contributed by atoms with Crippen molar-refractivity contribution in [2.24, 2.45) is 0 Å². The van der Waals surface area contributed by atoms with Crippen LogP contribution < -0.4 is 10.2 Å². The number of H-pyrrole nitrogens is 2. The van der Waals surface area contributed by atoms with Crippen molar-refractivity contribution >= 4 is 39.5 Å². The smallest absolute Gasteiger partial charge is 0.229 e. The Hall–Kier alpha value is -3.88. The van der Waals surface area contributed by atoms with Crippen LogP contribution in [0.1, 0.15) is 17.1 Å². The third kappa shape index (κ3) is 2.62. The summed E-state index contributed by atoms with van der Waals surface area (Å²) < 4.78 is 5.70. The molecule has 0 fully saturated rings. The van der Waals surface area contributed by atoms with Gasteiger partial charge in [-0.1, -0.05) is 0 Å². The van der Waals surface area contributed by atoms with E-state index in [1.54, 1.807) is 12.6 Å². The summed E-state index contributed by atoms with van der Waals surface area (Å²) in [5, 5.41) is 11.8. The number of furan rings is 1. The van der Waals surface area contributed by atoms with Crippen LogP contribution in [-0.4, -0.2) is 36.7 Å². The number of nitrogens with one attached hydrogen (secondary N) is 3. The van der Waals surface area contributed by atoms with Gasteiger partial charge in [-0.05, 0) is 25.1 Å². The number of benzene rings is 1. The number of rotatable bonds is 3. The highest BCUT2D eigenvalue weighted by atomic mass is 16.3. The molecular formula is C20H18N8O. The van der Waals surface area contributed by atoms with Gasteiger partial charge in [0.15, 0.2) is 11.4 Å². The van der Waals surface area contributed by atoms with Crippen LogP contribution in [0.3, 0.4) is 0 Å². The lowest BCUT2D eigenvalue weighted by atomic mass is 10.1. The number of aromatic nitrogens is 6. The Kier molecular flexibility index (Phi) is 3.37. The second-order valence-electron chi connectivity index (χ2n) is 7.21. The summed E-state index contributed by atoms with van der Waals surface area (Å²) in [7, 11) is 0. The van der Waals surface area contributed by atoms with Crippen LogP contribution in [0.25, 0.3) is 22.0 Å². The lowest BCUT2D eigenvalue weighted by Crippen LogP contribution is -2.31. The number of anilines is 3. The average molecular weight is 386 g/mol. The molecule has 9 nitrogen and oxygen atoms in total. The molecule has 0 atom stereocenters. The Balaban J connectivity index is 1.38. The molecule has 0 aliphatic carbocycles. The van der Waals surface area contributed by atoms with Gasteiger partial charge in [0, 0.05) is 35.8 Å². The first-order valence-corrected chi connectivity index (χ1v) is 9.48. The Morgan fingerprint density at radius 2 is 2.14 bits per heavy atom. The Labute approximate surface area is 165 Å². The second-order valence-corrected chi connectivity index (χ2v) is 7.21. The van der Waals surface area contributed by atoms with Gasteiger partial charge >= 0.3 is 0 Å². The van der Waals surface area contributed by atoms with Crippen molar-refractivity contribution in [3.63, 3.8) is 0 Å². The van der Waals surface area contributed by atoms with E-state index in [9.17, 15) is 0 Å². The maximum absolute atomic E-state index is 5.70. The van der Waals surface area contributed by atoms with E-state index >= 15 is 0 Å². The molecule has 5 heterocycles. The van der Waals surface area contributed by atoms with Gasteiger partial charge in [-0.25, -0.2) is 9.97 Å². The summed E-state index contributed by atoms with van der Waals surface area (Å²) >= 11 is 0. The standard InChI is InChI=1S/C20H18N8O/c1-11-13-3-2-12(8-16(13)27-26-11)23-20-24-15-5-7-29-18(15)19(25-20)28-6-4-14-17(9-28)22-10-21-14/h2-3,5,7-8,10H,4,6,9H2,1H3,(H,21,22)(H,26,27)(H,23,24,25). The molecule has 4 aromatic heterocycles. The van der Waals surface area contributed by atoms with E-state index in [1.165, 1.54) is 0 Å². The van der Waals surface area contributed by atoms with Crippen molar-refractivity contribution in [2.75, 3.05) is 16.8 Å². The highest BCUT2D eigenvalue weighted by Crippen LogP contribution is 2.30. The van der Waals surface area contributed by atoms with Gasteiger partial charge in [-0.15, -0.1) is 0 Å². The predicted molar refractivity (Wildman–Crippen MR) is 109 cm³/mol. The van der Waals surface area contributed by atoms with E-state index in [1.807, 2.05) is 31.2 Å². The number of imidazole rings is 1. The number of nitrogens with zero attached hydrogens (tertiary/aromatic N) is 5. The summed E-state index contributed by atoms with van der Waals surface area (Å²) in [5.41, 5.74) is 6.53. The van der Waals surface area contributed by atoms with Crippen LogP contribution in [0.15, 0.2) is 41.3 Å². The third-order valence-electron chi connectivity index (χ3n) is 5.36. The molecule has 9 heteroatoms. The van der Waals surface area contributed by atoms with E-state index < -0.39 is 0 Å². The molecule has 0 unspecified atom stereocenters. The first-order chi connectivity index (χ1) is 14.2. The lowest BCUT2D eigenvalue weighted by molar-refractivity contribution is 0.606. The molecule has 0 spiro atoms. The number of hydrogen-bond donors (Lipinski definition) is 3. The van der Waals surface area contributed by atoms with Gasteiger partial charge in [-0.2, -0.15) is 10.1 Å². The van der Waals surface area contributed by atoms with Crippen LogP contribution in [0.4, 0.5) is 17.5 Å². The molecule has 144 valence electrons. The van der Waals surface area contributed by atoms with Gasteiger partial charge in [0.2, 0.25) is 5.95 Å². The van der Waals surface area contributed by atoms with E-state index in [0.29, 0.717) is 18.1 Å². The molecule has 1 aliphatic heterocycles. The molecule has 0 saturated heterocycles. The monoisotopic (exact) mass is 386 g/mol. The number of fused-ring (bicyclic) bond motifs is 3. The SMILES string of the molecule is Cc1[nH]nc2cc(Nc3nc(N4CCc5nc[nH]c5C4)c4occc4n3)ccc12. The fourth-order valence-electron chi connectivity index (χ4n) is 3.86. The van der Waals surface area contributed by atoms with Crippen LogP contribution in [0.5, 0.6) is 0 Å². The summed E-state index contributed by atoms with van der Waals surface area (Å²) in [6, 6.07) is 7.89. The molecule has 6 rings (SSSR count). The normalized spacial score (nSPS) is 13.9. The summed E-state index contributed by atoms with van der Waals surface area (Å²) in [6.45, 7) is 3.54. The molecule has 5 aromatic rings. The highest BCUT2D eigenvalue weighted by molar-refractivity contribution is 5.87. The van der Waals surface area contributed by atoms with Crippen LogP contribution in [-0.2, 0) is 13.0 Å². The third-order valence-corrected chi connectivity index (χ3v) is 5.36. The van der Waals surface area contributed by atoms with Crippen molar-refractivity contribution < 1.29 is 4.42 Å². The van der Waals surface area contributed by atoms with E-state index in [-0.39, 0.29) is 0 Å². The molecule has 1 aliphatic rings. The quantitative estimate of drug-likeness (QED) is 0.435. The molecule has 0 radical (unpaired) electrons. The van der Waals surface area contributed by atoms with E-state index in [0.717, 1.165) is 58.0 Å². The fourth-order valence-corrected chi connectivity index (χ4v) is 3.86. The zero-order valence-corrected chi connectivity index (χ0v) is 15.7. The Morgan fingerprint density at radius 3 is 3.10 bits per heavy atom. The summed E-state index contributed by atoms with van der Waals surface area (Å²) in [6.07, 6.45) is 4.26. The van der Waals surface area contributed by atoms with Crippen molar-refractivity contribution in [1.29, 1.82) is 0 Å². The van der Waals surface area contributed by atoms with Crippen LogP contribution in [0, 0.1) is 6.92 Å². The Morgan fingerprint density at radius 1 is 1.17 bits per heavy atom. The zero-order chi connectivity index (χ0) is 19.4. The van der Waals surface area contributed by atoms with Crippen molar-refractivity contribution in [1.82, 2.24) is 30.1 Å². The zero-order valence-electron chi connectivity index (χ0n) is 15.7. The second kappa shape index (κ2) is 6.06. The maximum Gasteiger partial charge on any atom is 0.229 e. The van der Waals surface area contributed by atoms with E-state index in [4.69, 9.17) is 9.40 Å². The van der Waals surface area contributed by atoms with Gasteiger partial charge in [0.05, 0.1) is 36.0 Å². The van der Waals surface area contributed by atoms with Gasteiger partial charge < -0.3 is 19.6 Å². The summed E-state index contributed by atoms with van der Waals surface area (Å²) in [4.78, 5) is 19.2. The van der Waals surface area contributed by atoms with Crippen molar-refractivity contribution in [2.45, 2.75) is 19.9 Å². The molecule has 0 bridgehead atoms. The largest absolute Gasteiger partial charge is 0.459 e. The van der Waals surface area contributed by atoms with Gasteiger partial charge in [0.1, 0.15) is 5.52 Å². The molecule has 0 amide bonds. The number of hydrogen-bond acceptors (Lipinski definition) is 7. The lowest BCUT2D eigenvalue weighted by Gasteiger charge is -2.27. The molecule has 1 aromatic carbocycles. The minimum absolute atomic E-state index is 0.524. The molecule has 0 saturated carbocycles. The molecule has 29 heavy (non-hydrogen) atoms. The minimum atomic E-state index is 0.524. The molecule has 3 N–H and O–H groups in total. The first kappa shape index (κ1) is 16.1. The van der Waals surface area contributed by atoms with Crippen molar-refractivity contribution in [3.05, 3.63) is 53.9 Å². The van der Waals surface area contributed by atoms with Crippen LogP contribution in [0.2, 0.25) is 0 Å². The number of aromatic amines is 2. The highest BCUT2D eigenvalue weighted by Gasteiger charge is 2.23. The van der Waals surface area contributed by atoms with Crippen molar-refractivity contribution in [3.8, 4) is 0 Å². The fraction of sp³-hybridized carbons (Fsp3) is 0.200. The molecular weight excluding hydrogens is 368 g/mol.